The number of rotatable bonds is 21. The van der Waals surface area contributed by atoms with E-state index in [1.807, 2.05) is 0 Å². The topological polar surface area (TPSA) is 91.3 Å². The van der Waals surface area contributed by atoms with Crippen molar-refractivity contribution in [3.8, 4) is 0 Å². The second-order valence-electron chi connectivity index (χ2n) is 7.61. The van der Waals surface area contributed by atoms with Gasteiger partial charge in [0.1, 0.15) is 0 Å². The zero-order valence-electron chi connectivity index (χ0n) is 20.3. The fraction of sp³-hybridized carbons (Fsp3) is 0.917. The van der Waals surface area contributed by atoms with Crippen LogP contribution in [0, 0.1) is 0 Å². The van der Waals surface area contributed by atoms with E-state index in [9.17, 15) is 9.59 Å². The molecule has 0 saturated carbocycles. The molecule has 0 atom stereocenters. The summed E-state index contributed by atoms with van der Waals surface area (Å²) >= 11 is 0. The van der Waals surface area contributed by atoms with Crippen LogP contribution in [0.3, 0.4) is 0 Å². The van der Waals surface area contributed by atoms with Crippen molar-refractivity contribution in [3.05, 3.63) is 0 Å². The smallest absolute Gasteiger partial charge is 0.342 e. The molecule has 0 rings (SSSR count). The van der Waals surface area contributed by atoms with Gasteiger partial charge in [-0.05, 0) is 32.6 Å². The molecule has 7 nitrogen and oxygen atoms in total. The highest BCUT2D eigenvalue weighted by Crippen LogP contribution is 2.07. The summed E-state index contributed by atoms with van der Waals surface area (Å²) in [4.78, 5) is 42.3. The van der Waals surface area contributed by atoms with Crippen LogP contribution in [-0.4, -0.2) is 36.9 Å². The van der Waals surface area contributed by atoms with Gasteiger partial charge in [0, 0.05) is 19.4 Å². The number of aliphatic hydroxyl groups is 1. The van der Waals surface area contributed by atoms with Gasteiger partial charge >= 0.3 is 11.9 Å². The van der Waals surface area contributed by atoms with Crippen LogP contribution in [0.2, 0.25) is 0 Å². The van der Waals surface area contributed by atoms with Gasteiger partial charge in [0.25, 0.3) is 0 Å². The predicted molar refractivity (Wildman–Crippen MR) is 122 cm³/mol. The molecule has 0 saturated heterocycles. The van der Waals surface area contributed by atoms with Gasteiger partial charge in [-0.1, -0.05) is 78.1 Å². The van der Waals surface area contributed by atoms with Crippen LogP contribution in [0.25, 0.3) is 0 Å². The summed E-state index contributed by atoms with van der Waals surface area (Å²) in [6, 6.07) is 0. The Morgan fingerprint density at radius 3 is 1.23 bits per heavy atom. The van der Waals surface area contributed by atoms with Gasteiger partial charge in [-0.15, -0.1) is 0 Å². The summed E-state index contributed by atoms with van der Waals surface area (Å²) in [6.45, 7) is 7.20. The normalized spacial score (nSPS) is 10.3. The maximum atomic E-state index is 11.5. The molecule has 0 fully saturated rings. The minimum absolute atomic E-state index is 0.238. The molecule has 0 aromatic carbocycles. The molecular weight excluding hydrogens is 400 g/mol. The summed E-state index contributed by atoms with van der Waals surface area (Å²) < 4.78 is 0. The van der Waals surface area contributed by atoms with E-state index in [2.05, 4.69) is 13.8 Å². The largest absolute Gasteiger partial charge is 0.397 e. The zero-order valence-corrected chi connectivity index (χ0v) is 20.3. The van der Waals surface area contributed by atoms with Crippen molar-refractivity contribution in [2.75, 3.05) is 19.8 Å². The fourth-order valence-electron chi connectivity index (χ4n) is 2.72. The van der Waals surface area contributed by atoms with Crippen LogP contribution < -0.4 is 0 Å². The Hall–Kier alpha value is -1.18. The molecule has 0 radical (unpaired) electrons. The Kier molecular flexibility index (Phi) is 29.8. The SMILES string of the molecule is CCCCCCCCOOC(=O)CCCCC(=O)OOCCCCCCCC.CCO. The third-order valence-corrected chi connectivity index (χ3v) is 4.48. The molecule has 7 heteroatoms. The van der Waals surface area contributed by atoms with Crippen LogP contribution in [0.15, 0.2) is 0 Å². The summed E-state index contributed by atoms with van der Waals surface area (Å²) in [5, 5.41) is 7.57. The van der Waals surface area contributed by atoms with Crippen LogP contribution in [0.1, 0.15) is 124 Å². The van der Waals surface area contributed by atoms with Crippen molar-refractivity contribution in [3.63, 3.8) is 0 Å². The van der Waals surface area contributed by atoms with Gasteiger partial charge < -0.3 is 5.11 Å². The summed E-state index contributed by atoms with van der Waals surface area (Å²) in [6.07, 6.45) is 15.5. The van der Waals surface area contributed by atoms with E-state index in [0.29, 0.717) is 26.1 Å². The number of hydrogen-bond acceptors (Lipinski definition) is 7. The van der Waals surface area contributed by atoms with Crippen molar-refractivity contribution < 1.29 is 34.2 Å². The molecule has 0 aliphatic heterocycles. The molecule has 186 valence electrons. The van der Waals surface area contributed by atoms with Gasteiger partial charge in [0.15, 0.2) is 0 Å². The number of hydrogen-bond donors (Lipinski definition) is 1. The number of carbonyl (C=O) groups excluding carboxylic acids is 2. The second kappa shape index (κ2) is 28.8. The molecule has 0 aliphatic carbocycles. The van der Waals surface area contributed by atoms with Crippen molar-refractivity contribution in [1.82, 2.24) is 0 Å². The van der Waals surface area contributed by atoms with E-state index in [1.165, 1.54) is 51.4 Å². The van der Waals surface area contributed by atoms with Gasteiger partial charge in [0.2, 0.25) is 0 Å². The molecule has 0 bridgehead atoms. The molecule has 31 heavy (non-hydrogen) atoms. The lowest BCUT2D eigenvalue weighted by molar-refractivity contribution is -0.274. The number of aliphatic hydroxyl groups excluding tert-OH is 1. The average Bonchev–Trinajstić information content (AvgIpc) is 2.75. The number of carbonyl (C=O) groups is 2. The highest BCUT2D eigenvalue weighted by Gasteiger charge is 2.08. The van der Waals surface area contributed by atoms with Crippen molar-refractivity contribution in [2.24, 2.45) is 0 Å². The van der Waals surface area contributed by atoms with Crippen LogP contribution in [0.5, 0.6) is 0 Å². The highest BCUT2D eigenvalue weighted by molar-refractivity contribution is 5.69. The summed E-state index contributed by atoms with van der Waals surface area (Å²) in [5.41, 5.74) is 0. The molecule has 0 amide bonds. The van der Waals surface area contributed by atoms with Gasteiger partial charge in [-0.3, -0.25) is 9.78 Å². The van der Waals surface area contributed by atoms with Crippen LogP contribution in [-0.2, 0) is 29.1 Å². The lowest BCUT2D eigenvalue weighted by atomic mass is 10.1. The van der Waals surface area contributed by atoms with E-state index < -0.39 is 11.9 Å². The second-order valence-corrected chi connectivity index (χ2v) is 7.61. The maximum Gasteiger partial charge on any atom is 0.342 e. The van der Waals surface area contributed by atoms with E-state index in [-0.39, 0.29) is 19.4 Å². The number of unbranched alkanes of at least 4 members (excludes halogenated alkanes) is 11. The minimum Gasteiger partial charge on any atom is -0.397 e. The molecule has 0 aromatic heterocycles. The molecule has 1 N–H and O–H groups in total. The Labute approximate surface area is 190 Å². The van der Waals surface area contributed by atoms with E-state index in [4.69, 9.17) is 24.7 Å². The quantitative estimate of drug-likeness (QED) is 0.127. The first kappa shape index (κ1) is 32.0. The van der Waals surface area contributed by atoms with Crippen molar-refractivity contribution in [2.45, 2.75) is 124 Å². The standard InChI is InChI=1S/C22H42O6.C2H6O/c1-3-5-7-9-11-15-19-25-27-21(23)17-13-14-18-22(24)28-26-20-16-12-10-8-6-4-2;1-2-3/h3-20H2,1-2H3;3H,2H2,1H3. The first-order chi connectivity index (χ1) is 15.1. The van der Waals surface area contributed by atoms with E-state index in [1.54, 1.807) is 6.92 Å². The lowest BCUT2D eigenvalue weighted by Gasteiger charge is -2.05. The third-order valence-electron chi connectivity index (χ3n) is 4.48. The Morgan fingerprint density at radius 1 is 0.548 bits per heavy atom. The first-order valence-electron chi connectivity index (χ1n) is 12.4. The van der Waals surface area contributed by atoms with Gasteiger partial charge in [0.05, 0.1) is 13.2 Å². The van der Waals surface area contributed by atoms with E-state index >= 15 is 0 Å². The molecule has 0 aromatic rings. The first-order valence-corrected chi connectivity index (χ1v) is 12.4. The lowest BCUT2D eigenvalue weighted by Crippen LogP contribution is -2.08. The van der Waals surface area contributed by atoms with Crippen LogP contribution in [0.4, 0.5) is 0 Å². The molecule has 0 heterocycles. The molecule has 0 aliphatic rings. The van der Waals surface area contributed by atoms with E-state index in [0.717, 1.165) is 25.7 Å². The van der Waals surface area contributed by atoms with Crippen molar-refractivity contribution >= 4 is 11.9 Å². The Morgan fingerprint density at radius 2 is 0.871 bits per heavy atom. The maximum absolute atomic E-state index is 11.5. The Balaban J connectivity index is 0. The summed E-state index contributed by atoms with van der Waals surface area (Å²) in [5.74, 6) is -0.780. The average molecular weight is 449 g/mol. The highest BCUT2D eigenvalue weighted by atomic mass is 17.2. The monoisotopic (exact) mass is 448 g/mol. The summed E-state index contributed by atoms with van der Waals surface area (Å²) in [7, 11) is 0. The fourth-order valence-corrected chi connectivity index (χ4v) is 2.72. The third kappa shape index (κ3) is 31.1. The molecule has 0 unspecified atom stereocenters. The van der Waals surface area contributed by atoms with Gasteiger partial charge in [-0.25, -0.2) is 9.59 Å². The predicted octanol–water partition coefficient (Wildman–Crippen LogP) is 6.22. The van der Waals surface area contributed by atoms with Gasteiger partial charge in [-0.2, -0.15) is 9.78 Å². The van der Waals surface area contributed by atoms with Crippen molar-refractivity contribution in [1.29, 1.82) is 0 Å². The minimum atomic E-state index is -0.390. The molecule has 0 spiro atoms. The molecular formula is C24H48O7. The van der Waals surface area contributed by atoms with Crippen LogP contribution >= 0.6 is 0 Å². The zero-order chi connectivity index (χ0) is 23.4. The Bertz CT molecular complexity index is 341.